The number of methoxy groups -OCH3 is 1. The van der Waals surface area contributed by atoms with E-state index < -0.39 is 6.10 Å². The number of allylic oxidation sites excluding steroid dienone is 4. The lowest BCUT2D eigenvalue weighted by molar-refractivity contribution is -0.126. The normalized spacial score (nSPS) is 19.4. The molecule has 2 aliphatic heterocycles. The standard InChI is InChI=1S/C35H56ClN5O5.C2H6/c1-8-12-15-31(40-33(42)21-37-16-10-3)30(36)19-27(5)46-34-29(14-9-2)32(38-26-39-34)20-28(22-43-7)45-18-13-17-41(6)23-35(11-4)24-44-25-35;1-2/h9,14-15,19-20,22,26-27,29,37H,8,10-13,16-18,21,23-25H2,1-7H3,(H,40,42);1-2H3/b14-9?,28-22-,30-19+,31-15+,32-20+;. The number of unbranched alkanes of at least 4 members (excludes halogenated alkanes) is 1. The molecule has 0 radical (unpaired) electrons. The maximum Gasteiger partial charge on any atom is 0.238 e. The molecule has 10 nitrogen and oxygen atoms in total. The molecule has 272 valence electrons. The maximum absolute atomic E-state index is 12.5. The number of nitrogens with zero attached hydrogens (tertiary/aromatic N) is 3. The van der Waals surface area contributed by atoms with Crippen molar-refractivity contribution in [3.05, 3.63) is 58.8 Å². The predicted octanol–water partition coefficient (Wildman–Crippen LogP) is 7.11. The molecule has 2 N–H and O–H groups in total. The van der Waals surface area contributed by atoms with Crippen molar-refractivity contribution >= 4 is 29.7 Å². The Labute approximate surface area is 295 Å². The lowest BCUT2D eigenvalue weighted by Gasteiger charge is -2.43. The van der Waals surface area contributed by atoms with Crippen LogP contribution in [0.4, 0.5) is 0 Å². The van der Waals surface area contributed by atoms with Crippen LogP contribution in [0.2, 0.25) is 0 Å². The monoisotopic (exact) mass is 691 g/mol. The molecule has 2 aliphatic rings. The third kappa shape index (κ3) is 16.0. The number of nitrogens with one attached hydrogen (secondary N) is 2. The van der Waals surface area contributed by atoms with E-state index in [0.29, 0.717) is 34.7 Å². The summed E-state index contributed by atoms with van der Waals surface area (Å²) in [4.78, 5) is 23.8. The average molecular weight is 692 g/mol. The lowest BCUT2D eigenvalue weighted by Crippen LogP contribution is -2.49. The Bertz CT molecular complexity index is 1150. The maximum atomic E-state index is 12.5. The summed E-state index contributed by atoms with van der Waals surface area (Å²) in [5.74, 6) is 0.558. The zero-order chi connectivity index (χ0) is 35.8. The Balaban J connectivity index is 0.00000565. The van der Waals surface area contributed by atoms with Gasteiger partial charge in [0.1, 0.15) is 18.7 Å². The Hall–Kier alpha value is -2.92. The third-order valence-corrected chi connectivity index (χ3v) is 7.91. The van der Waals surface area contributed by atoms with Crippen LogP contribution in [0.5, 0.6) is 0 Å². The van der Waals surface area contributed by atoms with Gasteiger partial charge in [-0.2, -0.15) is 0 Å². The van der Waals surface area contributed by atoms with Gasteiger partial charge in [0.15, 0.2) is 5.76 Å². The molecule has 2 rings (SSSR count). The highest BCUT2D eigenvalue weighted by atomic mass is 35.5. The van der Waals surface area contributed by atoms with E-state index in [1.54, 1.807) is 19.4 Å². The molecule has 0 aromatic rings. The zero-order valence-corrected chi connectivity index (χ0v) is 31.7. The van der Waals surface area contributed by atoms with Crippen LogP contribution in [-0.4, -0.2) is 89.3 Å². The molecule has 1 saturated heterocycles. The molecule has 1 amide bonds. The number of rotatable bonds is 21. The molecule has 0 saturated carbocycles. The van der Waals surface area contributed by atoms with Crippen molar-refractivity contribution in [2.24, 2.45) is 21.3 Å². The molecule has 11 heteroatoms. The highest BCUT2D eigenvalue weighted by Crippen LogP contribution is 2.32. The van der Waals surface area contributed by atoms with Gasteiger partial charge in [-0.1, -0.05) is 70.9 Å². The molecule has 1 fully saturated rings. The van der Waals surface area contributed by atoms with Crippen molar-refractivity contribution in [1.29, 1.82) is 0 Å². The van der Waals surface area contributed by atoms with E-state index >= 15 is 0 Å². The van der Waals surface area contributed by atoms with E-state index in [9.17, 15) is 4.79 Å². The molecule has 0 aromatic carbocycles. The first-order chi connectivity index (χ1) is 23.2. The van der Waals surface area contributed by atoms with E-state index in [1.165, 1.54) is 6.34 Å². The number of halogens is 1. The Morgan fingerprint density at radius 3 is 2.60 bits per heavy atom. The van der Waals surface area contributed by atoms with Crippen LogP contribution >= 0.6 is 11.6 Å². The van der Waals surface area contributed by atoms with Gasteiger partial charge in [0.2, 0.25) is 11.8 Å². The van der Waals surface area contributed by atoms with Crippen LogP contribution in [0.15, 0.2) is 68.8 Å². The van der Waals surface area contributed by atoms with Gasteiger partial charge in [0.25, 0.3) is 0 Å². The van der Waals surface area contributed by atoms with Crippen LogP contribution in [-0.2, 0) is 23.7 Å². The molecule has 0 aromatic heterocycles. The van der Waals surface area contributed by atoms with E-state index in [0.717, 1.165) is 65.0 Å². The van der Waals surface area contributed by atoms with Crippen molar-refractivity contribution in [3.63, 3.8) is 0 Å². The number of hydrogen-bond donors (Lipinski definition) is 2. The van der Waals surface area contributed by atoms with Crippen LogP contribution in [0.3, 0.4) is 0 Å². The van der Waals surface area contributed by atoms with Gasteiger partial charge in [-0.25, -0.2) is 9.98 Å². The summed E-state index contributed by atoms with van der Waals surface area (Å²) >= 11 is 6.70. The number of carbonyl (C=O) groups excluding carboxylic acids is 1. The predicted molar refractivity (Wildman–Crippen MR) is 199 cm³/mol. The highest BCUT2D eigenvalue weighted by molar-refractivity contribution is 6.32. The van der Waals surface area contributed by atoms with Crippen LogP contribution in [0.1, 0.15) is 80.6 Å². The summed E-state index contributed by atoms with van der Waals surface area (Å²) in [5, 5.41) is 6.44. The summed E-state index contributed by atoms with van der Waals surface area (Å²) in [7, 11) is 3.74. The molecular weight excluding hydrogens is 630 g/mol. The Kier molecular flexibility index (Phi) is 22.5. The lowest BCUT2D eigenvalue weighted by atomic mass is 9.83. The van der Waals surface area contributed by atoms with Crippen molar-refractivity contribution in [3.8, 4) is 0 Å². The van der Waals surface area contributed by atoms with E-state index in [-0.39, 0.29) is 23.8 Å². The van der Waals surface area contributed by atoms with Crippen molar-refractivity contribution in [2.45, 2.75) is 86.7 Å². The minimum absolute atomic E-state index is 0.144. The minimum Gasteiger partial charge on any atom is -0.501 e. The first-order valence-corrected chi connectivity index (χ1v) is 17.9. The number of ether oxygens (including phenoxy) is 4. The fraction of sp³-hybridized carbons (Fsp3) is 0.649. The molecule has 2 unspecified atom stereocenters. The number of aliphatic imine (C=N–C) groups is 2. The van der Waals surface area contributed by atoms with Gasteiger partial charge in [-0.3, -0.25) is 4.79 Å². The van der Waals surface area contributed by atoms with Gasteiger partial charge < -0.3 is 34.5 Å². The van der Waals surface area contributed by atoms with Gasteiger partial charge >= 0.3 is 0 Å². The second-order valence-electron chi connectivity index (χ2n) is 11.8. The molecule has 0 aliphatic carbocycles. The molecule has 0 spiro atoms. The SMILES string of the molecule is CC.CC=CC1C(OC(C)/C=C(Cl)\C(=C/CCC)NC(=O)CNCCC)=NC=N/C1=C/C(=C/OC)OCCCN(C)CC1(CC)COC1. The minimum atomic E-state index is -0.438. The van der Waals surface area contributed by atoms with Crippen molar-refractivity contribution < 1.29 is 23.7 Å². The molecule has 0 bridgehead atoms. The Morgan fingerprint density at radius 1 is 1.25 bits per heavy atom. The highest BCUT2D eigenvalue weighted by Gasteiger charge is 2.37. The molecule has 48 heavy (non-hydrogen) atoms. The summed E-state index contributed by atoms with van der Waals surface area (Å²) in [6.45, 7) is 19.3. The first-order valence-electron chi connectivity index (χ1n) is 17.5. The summed E-state index contributed by atoms with van der Waals surface area (Å²) in [6, 6.07) is 0. The second kappa shape index (κ2) is 25.1. The molecular formula is C37H62ClN5O5. The van der Waals surface area contributed by atoms with Crippen LogP contribution in [0, 0.1) is 11.3 Å². The number of carbonyl (C=O) groups is 1. The average Bonchev–Trinajstić information content (AvgIpc) is 3.05. The summed E-state index contributed by atoms with van der Waals surface area (Å²) < 4.78 is 23.2. The van der Waals surface area contributed by atoms with Crippen molar-refractivity contribution in [2.75, 3.05) is 60.2 Å². The number of amides is 1. The first kappa shape index (κ1) is 43.1. The topological polar surface area (TPSA) is 106 Å². The smallest absolute Gasteiger partial charge is 0.238 e. The number of hydrogen-bond acceptors (Lipinski definition) is 9. The Morgan fingerprint density at radius 2 is 2.00 bits per heavy atom. The molecule has 2 atom stereocenters. The molecule has 2 heterocycles. The fourth-order valence-electron chi connectivity index (χ4n) is 4.98. The quantitative estimate of drug-likeness (QED) is 0.0572. The summed E-state index contributed by atoms with van der Waals surface area (Å²) in [6.07, 6.45) is 16.7. The summed E-state index contributed by atoms with van der Waals surface area (Å²) in [5.41, 5.74) is 1.56. The van der Waals surface area contributed by atoms with Crippen LogP contribution < -0.4 is 10.6 Å². The van der Waals surface area contributed by atoms with Crippen molar-refractivity contribution in [1.82, 2.24) is 15.5 Å². The van der Waals surface area contributed by atoms with Gasteiger partial charge in [-0.05, 0) is 59.2 Å². The van der Waals surface area contributed by atoms with Gasteiger partial charge in [-0.15, -0.1) is 0 Å². The third-order valence-electron chi connectivity index (χ3n) is 7.58. The fourth-order valence-corrected chi connectivity index (χ4v) is 5.28. The van der Waals surface area contributed by atoms with Gasteiger partial charge in [0, 0.05) is 24.6 Å². The van der Waals surface area contributed by atoms with E-state index in [4.69, 9.17) is 30.5 Å². The zero-order valence-electron chi connectivity index (χ0n) is 30.9. The largest absolute Gasteiger partial charge is 0.501 e. The van der Waals surface area contributed by atoms with E-state index in [2.05, 4.69) is 53.3 Å². The van der Waals surface area contributed by atoms with Crippen LogP contribution in [0.25, 0.3) is 0 Å². The van der Waals surface area contributed by atoms with Gasteiger partial charge in [0.05, 0.1) is 55.8 Å². The second-order valence-corrected chi connectivity index (χ2v) is 12.2. The van der Waals surface area contributed by atoms with E-state index in [1.807, 2.05) is 52.0 Å².